The number of hydrogen-bond acceptors (Lipinski definition) is 3. The number of rotatable bonds is 4. The van der Waals surface area contributed by atoms with Gasteiger partial charge in [0.25, 0.3) is 0 Å². The van der Waals surface area contributed by atoms with Crippen LogP contribution in [0.1, 0.15) is 31.9 Å². The van der Waals surface area contributed by atoms with Gasteiger partial charge in [0, 0.05) is 17.6 Å². The monoisotopic (exact) mass is 236 g/mol. The van der Waals surface area contributed by atoms with E-state index in [4.69, 9.17) is 5.26 Å². The van der Waals surface area contributed by atoms with Crippen molar-refractivity contribution in [3.63, 3.8) is 0 Å². The summed E-state index contributed by atoms with van der Waals surface area (Å²) in [6, 6.07) is 6.26. The van der Waals surface area contributed by atoms with Gasteiger partial charge < -0.3 is 10.4 Å². The zero-order chi connectivity index (χ0) is 13.1. The minimum absolute atomic E-state index is 0.307. The van der Waals surface area contributed by atoms with Crippen LogP contribution in [0.5, 0.6) is 0 Å². The van der Waals surface area contributed by atoms with Crippen LogP contribution >= 0.6 is 0 Å². The molecule has 0 aromatic heterocycles. The zero-order valence-electron chi connectivity index (χ0n) is 10.3. The molecule has 0 saturated carbocycles. The summed E-state index contributed by atoms with van der Waals surface area (Å²) in [5.41, 5.74) is 0.305. The number of hydrogen-bond donors (Lipinski definition) is 2. The molecule has 0 aliphatic rings. The Morgan fingerprint density at radius 2 is 2.18 bits per heavy atom. The zero-order valence-corrected chi connectivity index (χ0v) is 10.3. The van der Waals surface area contributed by atoms with Gasteiger partial charge in [-0.05, 0) is 32.9 Å². The fourth-order valence-corrected chi connectivity index (χ4v) is 1.23. The molecule has 17 heavy (non-hydrogen) atoms. The van der Waals surface area contributed by atoms with Gasteiger partial charge in [-0.3, -0.25) is 0 Å². The van der Waals surface area contributed by atoms with E-state index in [1.54, 1.807) is 19.1 Å². The first kappa shape index (κ1) is 13.6. The second kappa shape index (κ2) is 5.26. The third-order valence-electron chi connectivity index (χ3n) is 2.96. The van der Waals surface area contributed by atoms with Crippen molar-refractivity contribution >= 4 is 0 Å². The SMILES string of the molecule is CC(O)C(C)(C)NCc1ccc(C#N)cc1F. The minimum atomic E-state index is -0.538. The molecular formula is C13H17FN2O. The summed E-state index contributed by atoms with van der Waals surface area (Å²) in [5, 5.41) is 21.2. The van der Waals surface area contributed by atoms with E-state index in [1.807, 2.05) is 19.9 Å². The lowest BCUT2D eigenvalue weighted by molar-refractivity contribution is 0.0954. The maximum absolute atomic E-state index is 13.6. The molecular weight excluding hydrogens is 219 g/mol. The number of aliphatic hydroxyl groups is 1. The second-order valence-corrected chi connectivity index (χ2v) is 4.67. The van der Waals surface area contributed by atoms with Crippen molar-refractivity contribution in [2.24, 2.45) is 0 Å². The molecule has 0 aliphatic carbocycles. The maximum Gasteiger partial charge on any atom is 0.129 e. The van der Waals surface area contributed by atoms with Gasteiger partial charge in [0.05, 0.1) is 17.7 Å². The van der Waals surface area contributed by atoms with E-state index in [2.05, 4.69) is 5.32 Å². The van der Waals surface area contributed by atoms with E-state index >= 15 is 0 Å². The molecule has 0 heterocycles. The standard InChI is InChI=1S/C13H17FN2O/c1-9(17)13(2,3)16-8-11-5-4-10(7-15)6-12(11)14/h4-6,9,16-17H,8H2,1-3H3. The summed E-state index contributed by atoms with van der Waals surface area (Å²) in [6.45, 7) is 5.69. The molecule has 3 nitrogen and oxygen atoms in total. The summed E-state index contributed by atoms with van der Waals surface area (Å²) >= 11 is 0. The molecule has 1 aromatic rings. The largest absolute Gasteiger partial charge is 0.392 e. The van der Waals surface area contributed by atoms with Crippen LogP contribution < -0.4 is 5.32 Å². The highest BCUT2D eigenvalue weighted by molar-refractivity contribution is 5.32. The van der Waals surface area contributed by atoms with Gasteiger partial charge in [-0.25, -0.2) is 4.39 Å². The first-order valence-electron chi connectivity index (χ1n) is 5.48. The number of halogens is 1. The number of nitrogens with zero attached hydrogens (tertiary/aromatic N) is 1. The summed E-state index contributed by atoms with van der Waals surface area (Å²) in [6.07, 6.45) is -0.538. The molecule has 0 saturated heterocycles. The molecule has 0 fully saturated rings. The van der Waals surface area contributed by atoms with Crippen LogP contribution in [0, 0.1) is 17.1 Å². The Labute approximate surface area is 101 Å². The van der Waals surface area contributed by atoms with E-state index in [0.29, 0.717) is 17.7 Å². The summed E-state index contributed by atoms with van der Waals surface area (Å²) in [4.78, 5) is 0. The third-order valence-corrected chi connectivity index (χ3v) is 2.96. The fourth-order valence-electron chi connectivity index (χ4n) is 1.23. The summed E-state index contributed by atoms with van der Waals surface area (Å²) < 4.78 is 13.6. The van der Waals surface area contributed by atoms with Crippen LogP contribution in [0.3, 0.4) is 0 Å². The number of aliphatic hydroxyl groups excluding tert-OH is 1. The average Bonchev–Trinajstić information content (AvgIpc) is 2.27. The van der Waals surface area contributed by atoms with Crippen molar-refractivity contribution in [2.45, 2.75) is 39.0 Å². The smallest absolute Gasteiger partial charge is 0.129 e. The lowest BCUT2D eigenvalue weighted by Crippen LogP contribution is -2.47. The summed E-state index contributed by atoms with van der Waals surface area (Å²) in [5.74, 6) is -0.405. The van der Waals surface area contributed by atoms with E-state index < -0.39 is 17.5 Å². The van der Waals surface area contributed by atoms with Crippen LogP contribution in [0.2, 0.25) is 0 Å². The topological polar surface area (TPSA) is 56.0 Å². The molecule has 0 aliphatic heterocycles. The third kappa shape index (κ3) is 3.52. The van der Waals surface area contributed by atoms with Gasteiger partial charge in [0.15, 0.2) is 0 Å². The van der Waals surface area contributed by atoms with Gasteiger partial charge in [-0.1, -0.05) is 6.07 Å². The molecule has 1 atom stereocenters. The number of benzene rings is 1. The van der Waals surface area contributed by atoms with Crippen molar-refractivity contribution in [3.05, 3.63) is 35.1 Å². The molecule has 0 radical (unpaired) electrons. The van der Waals surface area contributed by atoms with Crippen LogP contribution in [0.15, 0.2) is 18.2 Å². The van der Waals surface area contributed by atoms with E-state index in [0.717, 1.165) is 0 Å². The van der Waals surface area contributed by atoms with Gasteiger partial charge in [0.1, 0.15) is 5.82 Å². The Morgan fingerprint density at radius 3 is 2.65 bits per heavy atom. The van der Waals surface area contributed by atoms with E-state index in [1.165, 1.54) is 6.07 Å². The van der Waals surface area contributed by atoms with Gasteiger partial charge in [-0.2, -0.15) is 5.26 Å². The van der Waals surface area contributed by atoms with E-state index in [-0.39, 0.29) is 0 Å². The highest BCUT2D eigenvalue weighted by atomic mass is 19.1. The molecule has 1 rings (SSSR count). The van der Waals surface area contributed by atoms with Crippen molar-refractivity contribution < 1.29 is 9.50 Å². The van der Waals surface area contributed by atoms with Crippen LogP contribution in [-0.4, -0.2) is 16.7 Å². The molecule has 0 spiro atoms. The first-order valence-corrected chi connectivity index (χ1v) is 5.48. The van der Waals surface area contributed by atoms with Crippen molar-refractivity contribution in [1.82, 2.24) is 5.32 Å². The predicted molar refractivity (Wildman–Crippen MR) is 63.7 cm³/mol. The average molecular weight is 236 g/mol. The Balaban J connectivity index is 2.74. The van der Waals surface area contributed by atoms with Crippen LogP contribution in [0.25, 0.3) is 0 Å². The van der Waals surface area contributed by atoms with Gasteiger partial charge in [-0.15, -0.1) is 0 Å². The number of nitriles is 1. The Kier molecular flexibility index (Phi) is 4.22. The lowest BCUT2D eigenvalue weighted by atomic mass is 9.98. The maximum atomic E-state index is 13.6. The molecule has 2 N–H and O–H groups in total. The fraction of sp³-hybridized carbons (Fsp3) is 0.462. The second-order valence-electron chi connectivity index (χ2n) is 4.67. The van der Waals surface area contributed by atoms with Crippen molar-refractivity contribution in [3.8, 4) is 6.07 Å². The first-order chi connectivity index (χ1) is 7.86. The quantitative estimate of drug-likeness (QED) is 0.840. The lowest BCUT2D eigenvalue weighted by Gasteiger charge is -2.29. The highest BCUT2D eigenvalue weighted by Gasteiger charge is 2.23. The van der Waals surface area contributed by atoms with Gasteiger partial charge in [0.2, 0.25) is 0 Å². The molecule has 92 valence electrons. The molecule has 4 heteroatoms. The molecule has 1 unspecified atom stereocenters. The van der Waals surface area contributed by atoms with Gasteiger partial charge >= 0.3 is 0 Å². The normalized spacial score (nSPS) is 13.2. The summed E-state index contributed by atoms with van der Waals surface area (Å²) in [7, 11) is 0. The predicted octanol–water partition coefficient (Wildman–Crippen LogP) is 1.95. The minimum Gasteiger partial charge on any atom is -0.392 e. The molecule has 1 aromatic carbocycles. The molecule has 0 amide bonds. The van der Waals surface area contributed by atoms with Crippen molar-refractivity contribution in [1.29, 1.82) is 5.26 Å². The Hall–Kier alpha value is -1.44. The highest BCUT2D eigenvalue weighted by Crippen LogP contribution is 2.13. The Bertz CT molecular complexity index is 436. The van der Waals surface area contributed by atoms with E-state index in [9.17, 15) is 9.50 Å². The van der Waals surface area contributed by atoms with Crippen LogP contribution in [-0.2, 0) is 6.54 Å². The Morgan fingerprint density at radius 1 is 1.53 bits per heavy atom. The van der Waals surface area contributed by atoms with Crippen LogP contribution in [0.4, 0.5) is 4.39 Å². The number of nitrogens with one attached hydrogen (secondary N) is 1. The van der Waals surface area contributed by atoms with Crippen molar-refractivity contribution in [2.75, 3.05) is 0 Å². The molecule has 0 bridgehead atoms.